The number of nitrogens with one attached hydrogen (secondary N) is 3. The van der Waals surface area contributed by atoms with Crippen LogP contribution in [0.2, 0.25) is 0 Å². The smallest absolute Gasteiger partial charge is 0.301 e. The topological polar surface area (TPSA) is 120 Å². The van der Waals surface area contributed by atoms with Gasteiger partial charge in [-0.15, -0.1) is 0 Å². The Balaban J connectivity index is 0.000000784. The monoisotopic (exact) mass is 494 g/mol. The minimum absolute atomic E-state index is 0.0247. The Morgan fingerprint density at radius 3 is 2.14 bits per heavy atom. The van der Waals surface area contributed by atoms with E-state index in [-0.39, 0.29) is 23.4 Å². The van der Waals surface area contributed by atoms with E-state index in [1.807, 2.05) is 59.3 Å². The van der Waals surface area contributed by atoms with Gasteiger partial charge in [0.05, 0.1) is 5.56 Å². The Morgan fingerprint density at radius 1 is 0.886 bits per heavy atom. The lowest BCUT2D eigenvalue weighted by molar-refractivity contribution is 0.0981. The molecule has 0 saturated heterocycles. The molecule has 3 N–H and O–H groups in total. The van der Waals surface area contributed by atoms with Crippen LogP contribution in [0.15, 0.2) is 72.8 Å². The molecule has 8 nitrogen and oxygen atoms in total. The second-order valence-corrected chi connectivity index (χ2v) is 8.68. The van der Waals surface area contributed by atoms with Gasteiger partial charge in [0, 0.05) is 17.7 Å². The van der Waals surface area contributed by atoms with Crippen LogP contribution in [0.25, 0.3) is 11.1 Å². The second-order valence-electron chi connectivity index (χ2n) is 7.18. The third-order valence-corrected chi connectivity index (χ3v) is 5.74. The van der Waals surface area contributed by atoms with E-state index in [0.29, 0.717) is 5.75 Å². The summed E-state index contributed by atoms with van der Waals surface area (Å²) < 4.78 is 33.5. The molecule has 3 aromatic carbocycles. The molecule has 0 aromatic heterocycles. The third kappa shape index (κ3) is 8.54. The molecule has 35 heavy (non-hydrogen) atoms. The molecule has 0 radical (unpaired) electrons. The van der Waals surface area contributed by atoms with E-state index in [9.17, 15) is 18.5 Å². The van der Waals surface area contributed by atoms with Gasteiger partial charge in [-0.1, -0.05) is 69.3 Å². The molecule has 0 aliphatic carbocycles. The Bertz CT molecular complexity index is 1250. The Morgan fingerprint density at radius 2 is 1.54 bits per heavy atom. The van der Waals surface area contributed by atoms with Crippen LogP contribution < -0.4 is 19.5 Å². The summed E-state index contributed by atoms with van der Waals surface area (Å²) in [6, 6.07) is 23.2. The summed E-state index contributed by atoms with van der Waals surface area (Å²) in [5, 5.41) is 12.6. The predicted molar refractivity (Wildman–Crippen MR) is 137 cm³/mol. The SMILES string of the molecule is CCNCC.CCNS(=O)(=O)NC(=O)c1ccc(Oc2ccccc2-c2ccccc2)c(C#N)c1. The number of benzene rings is 3. The van der Waals surface area contributed by atoms with Crippen molar-refractivity contribution in [1.29, 1.82) is 5.26 Å². The van der Waals surface area contributed by atoms with Crippen molar-refractivity contribution in [3.63, 3.8) is 0 Å². The number of nitriles is 1. The van der Waals surface area contributed by atoms with E-state index in [0.717, 1.165) is 24.2 Å². The van der Waals surface area contributed by atoms with E-state index in [2.05, 4.69) is 23.9 Å². The Labute approximate surface area is 207 Å². The molecule has 0 aliphatic heterocycles. The largest absolute Gasteiger partial charge is 0.455 e. The second kappa shape index (κ2) is 13.9. The lowest BCUT2D eigenvalue weighted by atomic mass is 10.0. The minimum Gasteiger partial charge on any atom is -0.455 e. The van der Waals surface area contributed by atoms with Gasteiger partial charge in [0.1, 0.15) is 17.6 Å². The zero-order chi connectivity index (χ0) is 25.7. The Kier molecular flexibility index (Phi) is 10.9. The molecule has 0 spiro atoms. The number of nitrogens with zero attached hydrogens (tertiary/aromatic N) is 1. The normalized spacial score (nSPS) is 10.5. The highest BCUT2D eigenvalue weighted by Crippen LogP contribution is 2.34. The van der Waals surface area contributed by atoms with Crippen molar-refractivity contribution in [2.24, 2.45) is 0 Å². The first kappa shape index (κ1) is 27.5. The lowest BCUT2D eigenvalue weighted by Crippen LogP contribution is -2.40. The molecule has 0 fully saturated rings. The summed E-state index contributed by atoms with van der Waals surface area (Å²) in [5.41, 5.74) is 1.93. The average Bonchev–Trinajstić information content (AvgIpc) is 2.85. The van der Waals surface area contributed by atoms with Crippen LogP contribution in [0, 0.1) is 11.3 Å². The molecule has 0 aliphatic rings. The fourth-order valence-corrected chi connectivity index (χ4v) is 3.85. The van der Waals surface area contributed by atoms with Crippen molar-refractivity contribution in [3.8, 4) is 28.7 Å². The molecular weight excluding hydrogens is 464 g/mol. The van der Waals surface area contributed by atoms with E-state index < -0.39 is 16.1 Å². The molecule has 3 aromatic rings. The molecule has 0 heterocycles. The molecule has 1 amide bonds. The number of amides is 1. The van der Waals surface area contributed by atoms with Crippen LogP contribution in [0.1, 0.15) is 36.7 Å². The fraction of sp³-hybridized carbons (Fsp3) is 0.231. The summed E-state index contributed by atoms with van der Waals surface area (Å²) in [6.07, 6.45) is 0. The quantitative estimate of drug-likeness (QED) is 0.410. The highest BCUT2D eigenvalue weighted by atomic mass is 32.2. The standard InChI is InChI=1S/C22H19N3O4S.C4H11N/c1-2-24-30(27,28)25-22(26)17-12-13-20(18(14-17)15-23)29-21-11-7-6-10-19(21)16-8-4-3-5-9-16;1-3-5-4-2/h3-14,24H,2H2,1H3,(H,25,26);5H,3-4H2,1-2H3. The number of carbonyl (C=O) groups excluding carboxylic acids is 1. The molecule has 0 atom stereocenters. The van der Waals surface area contributed by atoms with Crippen LogP contribution in [0.3, 0.4) is 0 Å². The fourth-order valence-electron chi connectivity index (χ4n) is 3.03. The maximum absolute atomic E-state index is 12.2. The number of ether oxygens (including phenoxy) is 1. The van der Waals surface area contributed by atoms with Gasteiger partial charge < -0.3 is 10.1 Å². The summed E-state index contributed by atoms with van der Waals surface area (Å²) in [6.45, 7) is 8.12. The zero-order valence-electron chi connectivity index (χ0n) is 20.0. The first-order valence-corrected chi connectivity index (χ1v) is 12.7. The van der Waals surface area contributed by atoms with Gasteiger partial charge in [-0.3, -0.25) is 4.79 Å². The number of rotatable bonds is 9. The first-order chi connectivity index (χ1) is 16.8. The van der Waals surface area contributed by atoms with Crippen LogP contribution in [-0.2, 0) is 10.2 Å². The van der Waals surface area contributed by atoms with Crippen LogP contribution in [0.4, 0.5) is 0 Å². The number of para-hydroxylation sites is 1. The van der Waals surface area contributed by atoms with E-state index >= 15 is 0 Å². The lowest BCUT2D eigenvalue weighted by Gasteiger charge is -2.13. The Hall–Kier alpha value is -3.71. The van der Waals surface area contributed by atoms with E-state index in [1.54, 1.807) is 13.0 Å². The van der Waals surface area contributed by atoms with Gasteiger partial charge in [-0.2, -0.15) is 18.4 Å². The summed E-state index contributed by atoms with van der Waals surface area (Å²) in [7, 11) is -3.96. The molecule has 0 bridgehead atoms. The summed E-state index contributed by atoms with van der Waals surface area (Å²) in [5.74, 6) is -0.0391. The number of hydrogen-bond acceptors (Lipinski definition) is 6. The molecule has 0 unspecified atom stereocenters. The molecule has 0 saturated carbocycles. The number of carbonyl (C=O) groups is 1. The van der Waals surface area contributed by atoms with Gasteiger partial charge in [0.15, 0.2) is 0 Å². The van der Waals surface area contributed by atoms with Gasteiger partial charge in [0.2, 0.25) is 0 Å². The molecular formula is C26H30N4O4S. The first-order valence-electron chi connectivity index (χ1n) is 11.2. The van der Waals surface area contributed by atoms with Gasteiger partial charge in [-0.05, 0) is 42.9 Å². The third-order valence-electron chi connectivity index (χ3n) is 4.62. The van der Waals surface area contributed by atoms with Crippen molar-refractivity contribution >= 4 is 16.1 Å². The van der Waals surface area contributed by atoms with E-state index in [1.165, 1.54) is 18.2 Å². The molecule has 184 valence electrons. The van der Waals surface area contributed by atoms with Crippen molar-refractivity contribution in [3.05, 3.63) is 83.9 Å². The number of hydrogen-bond donors (Lipinski definition) is 3. The highest BCUT2D eigenvalue weighted by Gasteiger charge is 2.17. The van der Waals surface area contributed by atoms with E-state index in [4.69, 9.17) is 4.74 Å². The summed E-state index contributed by atoms with van der Waals surface area (Å²) in [4.78, 5) is 12.2. The van der Waals surface area contributed by atoms with Crippen LogP contribution in [-0.4, -0.2) is 34.0 Å². The van der Waals surface area contributed by atoms with Crippen molar-refractivity contribution in [2.75, 3.05) is 19.6 Å². The highest BCUT2D eigenvalue weighted by molar-refractivity contribution is 7.88. The average molecular weight is 495 g/mol. The van der Waals surface area contributed by atoms with Gasteiger partial charge in [0.25, 0.3) is 5.91 Å². The zero-order valence-corrected chi connectivity index (χ0v) is 20.9. The van der Waals surface area contributed by atoms with Crippen LogP contribution >= 0.6 is 0 Å². The maximum atomic E-state index is 12.2. The molecule has 9 heteroatoms. The minimum atomic E-state index is -3.96. The maximum Gasteiger partial charge on any atom is 0.301 e. The molecule has 3 rings (SSSR count). The van der Waals surface area contributed by atoms with Gasteiger partial charge >= 0.3 is 10.2 Å². The van der Waals surface area contributed by atoms with Gasteiger partial charge in [-0.25, -0.2) is 4.72 Å². The van der Waals surface area contributed by atoms with Crippen molar-refractivity contribution in [2.45, 2.75) is 20.8 Å². The van der Waals surface area contributed by atoms with Crippen molar-refractivity contribution < 1.29 is 17.9 Å². The predicted octanol–water partition coefficient (Wildman–Crippen LogP) is 4.22. The van der Waals surface area contributed by atoms with Crippen molar-refractivity contribution in [1.82, 2.24) is 14.8 Å². The van der Waals surface area contributed by atoms with Crippen LogP contribution in [0.5, 0.6) is 11.5 Å². The summed E-state index contributed by atoms with van der Waals surface area (Å²) >= 11 is 0.